The van der Waals surface area contributed by atoms with Gasteiger partial charge < -0.3 is 5.32 Å². The van der Waals surface area contributed by atoms with E-state index >= 15 is 0 Å². The van der Waals surface area contributed by atoms with Gasteiger partial charge in [-0.15, -0.1) is 0 Å². The Morgan fingerprint density at radius 2 is 2.16 bits per heavy atom. The molecule has 2 aromatic rings. The van der Waals surface area contributed by atoms with Crippen LogP contribution in [0, 0.1) is 4.77 Å². The molecule has 0 radical (unpaired) electrons. The van der Waals surface area contributed by atoms with Crippen molar-refractivity contribution in [3.05, 3.63) is 29.3 Å². The van der Waals surface area contributed by atoms with Crippen LogP contribution in [0.25, 0.3) is 11.4 Å². The van der Waals surface area contributed by atoms with Gasteiger partial charge >= 0.3 is 0 Å². The first-order valence-corrected chi connectivity index (χ1v) is 6.53. The number of hydrogen-bond acceptors (Lipinski definition) is 4. The van der Waals surface area contributed by atoms with Gasteiger partial charge in [0, 0.05) is 24.5 Å². The number of pyridine rings is 1. The molecule has 0 aliphatic carbocycles. The van der Waals surface area contributed by atoms with E-state index in [0.717, 1.165) is 24.9 Å². The minimum absolute atomic E-state index is 0.000874. The predicted molar refractivity (Wildman–Crippen MR) is 71.9 cm³/mol. The molecule has 1 aliphatic heterocycles. The van der Waals surface area contributed by atoms with Crippen LogP contribution in [0.15, 0.2) is 24.5 Å². The highest BCUT2D eigenvalue weighted by atomic mass is 32.1. The van der Waals surface area contributed by atoms with Gasteiger partial charge in [-0.3, -0.25) is 19.4 Å². The Balaban J connectivity index is 2.09. The zero-order chi connectivity index (χ0) is 13.2. The van der Waals surface area contributed by atoms with Gasteiger partial charge in [0.25, 0.3) is 0 Å². The van der Waals surface area contributed by atoms with E-state index < -0.39 is 0 Å². The third-order valence-corrected chi connectivity index (χ3v) is 3.50. The molecule has 1 saturated heterocycles. The van der Waals surface area contributed by atoms with Crippen molar-refractivity contribution < 1.29 is 4.79 Å². The van der Waals surface area contributed by atoms with Gasteiger partial charge in [0.2, 0.25) is 5.91 Å². The summed E-state index contributed by atoms with van der Waals surface area (Å²) >= 11 is 5.26. The topological polar surface area (TPSA) is 75.6 Å². The lowest BCUT2D eigenvalue weighted by atomic mass is 10.1. The van der Waals surface area contributed by atoms with E-state index in [2.05, 4.69) is 20.5 Å². The maximum Gasteiger partial charge on any atom is 0.243 e. The molecule has 7 heteroatoms. The molecular weight excluding hydrogens is 262 g/mol. The number of nitrogens with one attached hydrogen (secondary N) is 2. The summed E-state index contributed by atoms with van der Waals surface area (Å²) in [5, 5.41) is 9.87. The summed E-state index contributed by atoms with van der Waals surface area (Å²) in [7, 11) is 0. The van der Waals surface area contributed by atoms with Crippen LogP contribution in [0.4, 0.5) is 0 Å². The van der Waals surface area contributed by atoms with E-state index in [4.69, 9.17) is 12.2 Å². The average Bonchev–Trinajstić information content (AvgIpc) is 2.82. The summed E-state index contributed by atoms with van der Waals surface area (Å²) in [6.45, 7) is 0.727. The second-order valence-electron chi connectivity index (χ2n) is 4.41. The first-order chi connectivity index (χ1) is 9.27. The molecule has 3 heterocycles. The fraction of sp³-hybridized carbons (Fsp3) is 0.333. The molecule has 0 aromatic carbocycles. The molecule has 1 fully saturated rings. The Kier molecular flexibility index (Phi) is 3.12. The van der Waals surface area contributed by atoms with Crippen LogP contribution in [0.2, 0.25) is 0 Å². The molecule has 98 valence electrons. The molecule has 0 bridgehead atoms. The fourth-order valence-corrected chi connectivity index (χ4v) is 2.56. The Bertz CT molecular complexity index is 648. The predicted octanol–water partition coefficient (Wildman–Crippen LogP) is 1.45. The quantitative estimate of drug-likeness (QED) is 0.813. The SMILES string of the molecule is O=C1NCCCC1n1c(-c2ccncc2)n[nH]c1=S. The van der Waals surface area contributed by atoms with E-state index in [9.17, 15) is 4.79 Å². The minimum atomic E-state index is -0.289. The van der Waals surface area contributed by atoms with Gasteiger partial charge in [-0.05, 0) is 37.2 Å². The van der Waals surface area contributed by atoms with Crippen LogP contribution >= 0.6 is 12.2 Å². The summed E-state index contributed by atoms with van der Waals surface area (Å²) in [5.74, 6) is 0.675. The largest absolute Gasteiger partial charge is 0.354 e. The van der Waals surface area contributed by atoms with Gasteiger partial charge in [-0.25, -0.2) is 0 Å². The van der Waals surface area contributed by atoms with Crippen molar-refractivity contribution in [1.29, 1.82) is 0 Å². The molecule has 2 N–H and O–H groups in total. The normalized spacial score (nSPS) is 19.2. The van der Waals surface area contributed by atoms with Gasteiger partial charge in [0.15, 0.2) is 10.6 Å². The highest BCUT2D eigenvalue weighted by molar-refractivity contribution is 7.71. The van der Waals surface area contributed by atoms with Crippen molar-refractivity contribution >= 4 is 18.1 Å². The molecule has 6 nitrogen and oxygen atoms in total. The number of piperidine rings is 1. The first kappa shape index (κ1) is 12.0. The second kappa shape index (κ2) is 4.93. The van der Waals surface area contributed by atoms with Gasteiger partial charge in [-0.1, -0.05) is 0 Å². The van der Waals surface area contributed by atoms with E-state index in [-0.39, 0.29) is 11.9 Å². The molecule has 2 aromatic heterocycles. The number of nitrogens with zero attached hydrogens (tertiary/aromatic N) is 3. The summed E-state index contributed by atoms with van der Waals surface area (Å²) in [6.07, 6.45) is 5.10. The van der Waals surface area contributed by atoms with Crippen LogP contribution in [0.1, 0.15) is 18.9 Å². The number of aromatic nitrogens is 4. The maximum absolute atomic E-state index is 12.0. The lowest BCUT2D eigenvalue weighted by Gasteiger charge is -2.23. The zero-order valence-corrected chi connectivity index (χ0v) is 11.0. The van der Waals surface area contributed by atoms with Gasteiger partial charge in [0.05, 0.1) is 0 Å². The lowest BCUT2D eigenvalue weighted by Crippen LogP contribution is -2.38. The second-order valence-corrected chi connectivity index (χ2v) is 4.79. The molecular formula is C12H13N5OS. The summed E-state index contributed by atoms with van der Waals surface area (Å²) in [5.41, 5.74) is 0.890. The monoisotopic (exact) mass is 275 g/mol. The molecule has 1 amide bonds. The minimum Gasteiger partial charge on any atom is -0.354 e. The number of aromatic amines is 1. The van der Waals surface area contributed by atoms with Crippen molar-refractivity contribution in [3.8, 4) is 11.4 Å². The van der Waals surface area contributed by atoms with E-state index in [1.165, 1.54) is 0 Å². The van der Waals surface area contributed by atoms with Gasteiger partial charge in [0.1, 0.15) is 6.04 Å². The average molecular weight is 275 g/mol. The number of rotatable bonds is 2. The smallest absolute Gasteiger partial charge is 0.243 e. The molecule has 0 saturated carbocycles. The van der Waals surface area contributed by atoms with Crippen molar-refractivity contribution in [2.75, 3.05) is 6.54 Å². The summed E-state index contributed by atoms with van der Waals surface area (Å²) in [4.78, 5) is 16.0. The number of amides is 1. The first-order valence-electron chi connectivity index (χ1n) is 6.12. The van der Waals surface area contributed by atoms with Crippen molar-refractivity contribution in [2.45, 2.75) is 18.9 Å². The molecule has 1 aliphatic rings. The standard InChI is InChI=1S/C12H13N5OS/c18-11-9(2-1-5-14-11)17-10(15-16-12(17)19)8-3-6-13-7-4-8/h3-4,6-7,9H,1-2,5H2,(H,14,18)(H,16,19). The fourth-order valence-electron chi connectivity index (χ4n) is 2.30. The van der Waals surface area contributed by atoms with Crippen molar-refractivity contribution in [2.24, 2.45) is 0 Å². The van der Waals surface area contributed by atoms with E-state index in [0.29, 0.717) is 10.6 Å². The summed E-state index contributed by atoms with van der Waals surface area (Å²) in [6, 6.07) is 3.41. The van der Waals surface area contributed by atoms with Gasteiger partial charge in [-0.2, -0.15) is 5.10 Å². The Morgan fingerprint density at radius 3 is 2.89 bits per heavy atom. The number of H-pyrrole nitrogens is 1. The zero-order valence-electron chi connectivity index (χ0n) is 10.2. The van der Waals surface area contributed by atoms with Crippen molar-refractivity contribution in [1.82, 2.24) is 25.1 Å². The van der Waals surface area contributed by atoms with Crippen molar-refractivity contribution in [3.63, 3.8) is 0 Å². The lowest BCUT2D eigenvalue weighted by molar-refractivity contribution is -0.125. The summed E-state index contributed by atoms with van der Waals surface area (Å²) < 4.78 is 2.26. The highest BCUT2D eigenvalue weighted by Gasteiger charge is 2.27. The van der Waals surface area contributed by atoms with Crippen LogP contribution < -0.4 is 5.32 Å². The molecule has 0 spiro atoms. The maximum atomic E-state index is 12.0. The third-order valence-electron chi connectivity index (χ3n) is 3.21. The van der Waals surface area contributed by atoms with Crippen LogP contribution in [0.5, 0.6) is 0 Å². The Morgan fingerprint density at radius 1 is 1.37 bits per heavy atom. The van der Waals surface area contributed by atoms with Crippen LogP contribution in [0.3, 0.4) is 0 Å². The van der Waals surface area contributed by atoms with E-state index in [1.54, 1.807) is 17.0 Å². The Labute approximate surface area is 114 Å². The van der Waals surface area contributed by atoms with E-state index in [1.807, 2.05) is 12.1 Å². The van der Waals surface area contributed by atoms with Crippen LogP contribution in [-0.4, -0.2) is 32.2 Å². The molecule has 19 heavy (non-hydrogen) atoms. The number of carbonyl (C=O) groups is 1. The molecule has 1 atom stereocenters. The molecule has 3 rings (SSSR count). The Hall–Kier alpha value is -2.02. The molecule has 1 unspecified atom stereocenters. The number of hydrogen-bond donors (Lipinski definition) is 2. The van der Waals surface area contributed by atoms with Crippen LogP contribution in [-0.2, 0) is 4.79 Å². The third kappa shape index (κ3) is 2.17. The number of carbonyl (C=O) groups excluding carboxylic acids is 1. The highest BCUT2D eigenvalue weighted by Crippen LogP contribution is 2.25.